The molecular weight excluding hydrogens is 240 g/mol. The van der Waals surface area contributed by atoms with Crippen molar-refractivity contribution in [3.8, 4) is 0 Å². The highest BCUT2D eigenvalue weighted by Gasteiger charge is 2.28. The molecule has 0 aliphatic carbocycles. The first-order valence-corrected chi connectivity index (χ1v) is 6.50. The van der Waals surface area contributed by atoms with E-state index in [2.05, 4.69) is 23.2 Å². The van der Waals surface area contributed by atoms with Crippen molar-refractivity contribution in [1.29, 1.82) is 0 Å². The average Bonchev–Trinajstić information content (AvgIpc) is 2.92. The standard InChI is InChI=1S/C15H18N2O2/c1-15(2,3)19-14(18)17-8-10-4-5-13-11(6-7-16-13)12(10)9-17/h4-7,16H,8-9H2,1-3H3. The van der Waals surface area contributed by atoms with Gasteiger partial charge in [0.25, 0.3) is 0 Å². The number of hydrogen-bond donors (Lipinski definition) is 1. The van der Waals surface area contributed by atoms with Crippen molar-refractivity contribution in [2.75, 3.05) is 0 Å². The second kappa shape index (κ2) is 4.02. The predicted molar refractivity (Wildman–Crippen MR) is 73.8 cm³/mol. The number of aromatic nitrogens is 1. The Hall–Kier alpha value is -1.97. The second-order valence-electron chi connectivity index (χ2n) is 5.98. The first-order chi connectivity index (χ1) is 8.94. The maximum atomic E-state index is 12.1. The molecule has 0 atom stereocenters. The average molecular weight is 258 g/mol. The lowest BCUT2D eigenvalue weighted by molar-refractivity contribution is 0.0242. The van der Waals surface area contributed by atoms with Crippen LogP contribution in [-0.2, 0) is 17.8 Å². The molecule has 1 aliphatic rings. The van der Waals surface area contributed by atoms with E-state index in [9.17, 15) is 4.79 Å². The van der Waals surface area contributed by atoms with E-state index in [1.807, 2.05) is 27.0 Å². The molecule has 0 saturated heterocycles. The van der Waals surface area contributed by atoms with Crippen LogP contribution in [0.25, 0.3) is 10.9 Å². The number of aromatic amines is 1. The number of nitrogens with zero attached hydrogens (tertiary/aromatic N) is 1. The zero-order chi connectivity index (χ0) is 13.6. The Kier molecular flexibility index (Phi) is 2.55. The molecule has 1 aromatic heterocycles. The maximum Gasteiger partial charge on any atom is 0.410 e. The van der Waals surface area contributed by atoms with Crippen LogP contribution in [0.15, 0.2) is 24.4 Å². The highest BCUT2D eigenvalue weighted by atomic mass is 16.6. The fourth-order valence-corrected chi connectivity index (χ4v) is 2.48. The first kappa shape index (κ1) is 12.1. The number of carbonyl (C=O) groups is 1. The quantitative estimate of drug-likeness (QED) is 0.787. The van der Waals surface area contributed by atoms with Crippen LogP contribution in [0, 0.1) is 0 Å². The smallest absolute Gasteiger partial charge is 0.410 e. The summed E-state index contributed by atoms with van der Waals surface area (Å²) in [6.45, 7) is 6.92. The zero-order valence-corrected chi connectivity index (χ0v) is 11.5. The molecule has 0 spiro atoms. The van der Waals surface area contributed by atoms with Gasteiger partial charge in [0.05, 0.1) is 6.54 Å². The van der Waals surface area contributed by atoms with Gasteiger partial charge in [-0.05, 0) is 44.0 Å². The molecule has 19 heavy (non-hydrogen) atoms. The summed E-state index contributed by atoms with van der Waals surface area (Å²) >= 11 is 0. The molecule has 1 N–H and O–H groups in total. The van der Waals surface area contributed by atoms with Gasteiger partial charge >= 0.3 is 6.09 Å². The molecule has 0 fully saturated rings. The third-order valence-electron chi connectivity index (χ3n) is 3.30. The van der Waals surface area contributed by atoms with Crippen LogP contribution in [0.3, 0.4) is 0 Å². The van der Waals surface area contributed by atoms with Gasteiger partial charge in [-0.2, -0.15) is 0 Å². The minimum Gasteiger partial charge on any atom is -0.444 e. The number of carbonyl (C=O) groups excluding carboxylic acids is 1. The van der Waals surface area contributed by atoms with Crippen LogP contribution in [0.1, 0.15) is 31.9 Å². The van der Waals surface area contributed by atoms with Crippen molar-refractivity contribution in [1.82, 2.24) is 9.88 Å². The van der Waals surface area contributed by atoms with Gasteiger partial charge in [-0.3, -0.25) is 4.90 Å². The van der Waals surface area contributed by atoms with Crippen molar-refractivity contribution in [2.24, 2.45) is 0 Å². The van der Waals surface area contributed by atoms with E-state index < -0.39 is 5.60 Å². The summed E-state index contributed by atoms with van der Waals surface area (Å²) in [4.78, 5) is 17.0. The molecule has 0 unspecified atom stereocenters. The molecule has 1 aromatic carbocycles. The van der Waals surface area contributed by atoms with Gasteiger partial charge in [0.15, 0.2) is 0 Å². The summed E-state index contributed by atoms with van der Waals surface area (Å²) in [7, 11) is 0. The molecule has 3 rings (SSSR count). The number of fused-ring (bicyclic) bond motifs is 3. The molecule has 4 nitrogen and oxygen atoms in total. The fourth-order valence-electron chi connectivity index (χ4n) is 2.48. The van der Waals surface area contributed by atoms with Gasteiger partial charge in [0, 0.05) is 23.6 Å². The van der Waals surface area contributed by atoms with Crippen LogP contribution >= 0.6 is 0 Å². The third-order valence-corrected chi connectivity index (χ3v) is 3.30. The number of ether oxygens (including phenoxy) is 1. The Morgan fingerprint density at radius 3 is 2.79 bits per heavy atom. The first-order valence-electron chi connectivity index (χ1n) is 6.50. The fraction of sp³-hybridized carbons (Fsp3) is 0.400. The van der Waals surface area contributed by atoms with E-state index in [-0.39, 0.29) is 6.09 Å². The topological polar surface area (TPSA) is 45.3 Å². The number of hydrogen-bond acceptors (Lipinski definition) is 2. The summed E-state index contributed by atoms with van der Waals surface area (Å²) < 4.78 is 5.43. The monoisotopic (exact) mass is 258 g/mol. The second-order valence-corrected chi connectivity index (χ2v) is 5.98. The molecule has 100 valence electrons. The lowest BCUT2D eigenvalue weighted by Crippen LogP contribution is -2.33. The Morgan fingerprint density at radius 1 is 1.26 bits per heavy atom. The Balaban J connectivity index is 1.86. The van der Waals surface area contributed by atoms with E-state index in [0.29, 0.717) is 13.1 Å². The predicted octanol–water partition coefficient (Wildman–Crippen LogP) is 3.42. The van der Waals surface area contributed by atoms with Crippen molar-refractivity contribution < 1.29 is 9.53 Å². The molecule has 2 heterocycles. The van der Waals surface area contributed by atoms with Gasteiger partial charge in [-0.15, -0.1) is 0 Å². The van der Waals surface area contributed by atoms with E-state index in [1.54, 1.807) is 4.90 Å². The largest absolute Gasteiger partial charge is 0.444 e. The maximum absolute atomic E-state index is 12.1. The van der Waals surface area contributed by atoms with Crippen molar-refractivity contribution in [3.05, 3.63) is 35.5 Å². The van der Waals surface area contributed by atoms with Gasteiger partial charge in [-0.1, -0.05) is 6.07 Å². The Bertz CT molecular complexity index is 637. The molecule has 2 aromatic rings. The third kappa shape index (κ3) is 2.18. The summed E-state index contributed by atoms with van der Waals surface area (Å²) in [5, 5.41) is 1.20. The van der Waals surface area contributed by atoms with Crippen LogP contribution in [-0.4, -0.2) is 21.6 Å². The number of nitrogens with one attached hydrogen (secondary N) is 1. The number of H-pyrrole nitrogens is 1. The molecule has 0 radical (unpaired) electrons. The van der Waals surface area contributed by atoms with E-state index in [1.165, 1.54) is 16.5 Å². The Labute approximate surface area is 112 Å². The van der Waals surface area contributed by atoms with Gasteiger partial charge < -0.3 is 9.72 Å². The molecule has 0 bridgehead atoms. The molecule has 1 aliphatic heterocycles. The van der Waals surface area contributed by atoms with E-state index >= 15 is 0 Å². The highest BCUT2D eigenvalue weighted by Crippen LogP contribution is 2.30. The van der Waals surface area contributed by atoms with E-state index in [0.717, 1.165) is 5.52 Å². The number of amides is 1. The SMILES string of the molecule is CC(C)(C)OC(=O)N1Cc2ccc3[nH]ccc3c2C1. The molecular formula is C15H18N2O2. The van der Waals surface area contributed by atoms with Crippen molar-refractivity contribution in [3.63, 3.8) is 0 Å². The minimum absolute atomic E-state index is 0.243. The van der Waals surface area contributed by atoms with Crippen LogP contribution in [0.5, 0.6) is 0 Å². The number of rotatable bonds is 0. The van der Waals surface area contributed by atoms with Crippen LogP contribution < -0.4 is 0 Å². The number of benzene rings is 1. The van der Waals surface area contributed by atoms with Crippen LogP contribution in [0.2, 0.25) is 0 Å². The van der Waals surface area contributed by atoms with Gasteiger partial charge in [0.1, 0.15) is 5.60 Å². The lowest BCUT2D eigenvalue weighted by atomic mass is 10.1. The van der Waals surface area contributed by atoms with Crippen LogP contribution in [0.4, 0.5) is 4.79 Å². The highest BCUT2D eigenvalue weighted by molar-refractivity contribution is 5.85. The lowest BCUT2D eigenvalue weighted by Gasteiger charge is -2.24. The van der Waals surface area contributed by atoms with Crippen molar-refractivity contribution in [2.45, 2.75) is 39.5 Å². The minimum atomic E-state index is -0.449. The summed E-state index contributed by atoms with van der Waals surface area (Å²) in [6.07, 6.45) is 1.69. The Morgan fingerprint density at radius 2 is 2.05 bits per heavy atom. The van der Waals surface area contributed by atoms with Gasteiger partial charge in [-0.25, -0.2) is 4.79 Å². The zero-order valence-electron chi connectivity index (χ0n) is 11.5. The summed E-state index contributed by atoms with van der Waals surface area (Å²) in [5.41, 5.74) is 3.10. The molecule has 1 amide bonds. The summed E-state index contributed by atoms with van der Waals surface area (Å²) in [6, 6.07) is 6.21. The molecule has 0 saturated carbocycles. The van der Waals surface area contributed by atoms with Gasteiger partial charge in [0.2, 0.25) is 0 Å². The van der Waals surface area contributed by atoms with E-state index in [4.69, 9.17) is 4.74 Å². The normalized spacial score (nSPS) is 14.8. The van der Waals surface area contributed by atoms with Crippen molar-refractivity contribution >= 4 is 17.0 Å². The molecule has 4 heteroatoms. The summed E-state index contributed by atoms with van der Waals surface area (Å²) in [5.74, 6) is 0.